The van der Waals surface area contributed by atoms with Gasteiger partial charge < -0.3 is 10.2 Å². The summed E-state index contributed by atoms with van der Waals surface area (Å²) >= 11 is 0. The molecule has 0 saturated carbocycles. The average molecular weight is 310 g/mol. The standard InChI is InChI=1S/C20H26N2O/c1-20(2,3)14-22(18-10-11-21-13-18)19(23)17-9-8-15-6-4-5-7-16(15)12-17/h4-9,12,18,21H,10-11,13-14H2,1-3H3. The lowest BCUT2D eigenvalue weighted by molar-refractivity contribution is 0.0615. The fourth-order valence-corrected chi connectivity index (χ4v) is 3.27. The molecule has 1 fully saturated rings. The van der Waals surface area contributed by atoms with Crippen molar-refractivity contribution in [2.45, 2.75) is 33.2 Å². The summed E-state index contributed by atoms with van der Waals surface area (Å²) < 4.78 is 0. The molecule has 0 aliphatic carbocycles. The number of carbonyl (C=O) groups is 1. The van der Waals surface area contributed by atoms with Gasteiger partial charge in [0.25, 0.3) is 5.91 Å². The van der Waals surface area contributed by atoms with Crippen LogP contribution in [0.25, 0.3) is 10.8 Å². The first-order valence-corrected chi connectivity index (χ1v) is 8.44. The Morgan fingerprint density at radius 1 is 1.17 bits per heavy atom. The van der Waals surface area contributed by atoms with Gasteiger partial charge in [-0.25, -0.2) is 0 Å². The zero-order valence-electron chi connectivity index (χ0n) is 14.3. The van der Waals surface area contributed by atoms with Crippen LogP contribution in [-0.2, 0) is 0 Å². The highest BCUT2D eigenvalue weighted by atomic mass is 16.2. The number of amides is 1. The number of carbonyl (C=O) groups excluding carboxylic acids is 1. The van der Waals surface area contributed by atoms with Crippen molar-refractivity contribution in [1.82, 2.24) is 10.2 Å². The molecule has 0 radical (unpaired) electrons. The molecule has 0 bridgehead atoms. The molecule has 3 nitrogen and oxygen atoms in total. The summed E-state index contributed by atoms with van der Waals surface area (Å²) in [5, 5.41) is 5.68. The zero-order chi connectivity index (χ0) is 16.4. The summed E-state index contributed by atoms with van der Waals surface area (Å²) in [5.41, 5.74) is 0.884. The number of nitrogens with zero attached hydrogens (tertiary/aromatic N) is 1. The fraction of sp³-hybridized carbons (Fsp3) is 0.450. The number of nitrogens with one attached hydrogen (secondary N) is 1. The second kappa shape index (κ2) is 6.32. The minimum atomic E-state index is 0.0924. The third kappa shape index (κ3) is 3.73. The highest BCUT2D eigenvalue weighted by Gasteiger charge is 2.30. The lowest BCUT2D eigenvalue weighted by atomic mass is 9.94. The van der Waals surface area contributed by atoms with Crippen molar-refractivity contribution in [3.05, 3.63) is 48.0 Å². The van der Waals surface area contributed by atoms with Gasteiger partial charge in [-0.3, -0.25) is 4.79 Å². The molecule has 1 atom stereocenters. The van der Waals surface area contributed by atoms with Gasteiger partial charge in [0.05, 0.1) is 0 Å². The van der Waals surface area contributed by atoms with Crippen molar-refractivity contribution in [3.8, 4) is 0 Å². The Morgan fingerprint density at radius 2 is 1.91 bits per heavy atom. The highest BCUT2D eigenvalue weighted by molar-refractivity contribution is 5.98. The van der Waals surface area contributed by atoms with E-state index < -0.39 is 0 Å². The third-order valence-corrected chi connectivity index (χ3v) is 4.38. The summed E-state index contributed by atoms with van der Waals surface area (Å²) in [6.45, 7) is 9.25. The van der Waals surface area contributed by atoms with Crippen LogP contribution in [0, 0.1) is 5.41 Å². The van der Waals surface area contributed by atoms with E-state index in [2.05, 4.69) is 43.1 Å². The molecule has 2 aromatic rings. The monoisotopic (exact) mass is 310 g/mol. The van der Waals surface area contributed by atoms with Crippen LogP contribution >= 0.6 is 0 Å². The molecule has 2 aromatic carbocycles. The molecule has 23 heavy (non-hydrogen) atoms. The van der Waals surface area contributed by atoms with Crippen LogP contribution in [0.2, 0.25) is 0 Å². The second-order valence-corrected chi connectivity index (χ2v) is 7.70. The molecule has 1 amide bonds. The predicted molar refractivity (Wildman–Crippen MR) is 95.7 cm³/mol. The molecule has 0 spiro atoms. The molecule has 1 unspecified atom stereocenters. The number of benzene rings is 2. The number of hydrogen-bond acceptors (Lipinski definition) is 2. The van der Waals surface area contributed by atoms with Crippen LogP contribution in [0.5, 0.6) is 0 Å². The summed E-state index contributed by atoms with van der Waals surface area (Å²) in [6, 6.07) is 14.5. The van der Waals surface area contributed by atoms with E-state index in [1.807, 2.05) is 30.3 Å². The van der Waals surface area contributed by atoms with Gasteiger partial charge >= 0.3 is 0 Å². The van der Waals surface area contributed by atoms with Crippen molar-refractivity contribution in [2.75, 3.05) is 19.6 Å². The lowest BCUT2D eigenvalue weighted by Crippen LogP contribution is -2.45. The Morgan fingerprint density at radius 3 is 2.57 bits per heavy atom. The molecule has 122 valence electrons. The molecule has 0 aromatic heterocycles. The van der Waals surface area contributed by atoms with Crippen molar-refractivity contribution >= 4 is 16.7 Å². The maximum atomic E-state index is 13.2. The van der Waals surface area contributed by atoms with E-state index in [4.69, 9.17) is 0 Å². The predicted octanol–water partition coefficient (Wildman–Crippen LogP) is 3.69. The van der Waals surface area contributed by atoms with Crippen LogP contribution < -0.4 is 5.32 Å². The molecule has 3 rings (SSSR count). The summed E-state index contributed by atoms with van der Waals surface area (Å²) in [7, 11) is 0. The summed E-state index contributed by atoms with van der Waals surface area (Å²) in [5.74, 6) is 0.152. The van der Waals surface area contributed by atoms with Gasteiger partial charge in [-0.05, 0) is 41.3 Å². The second-order valence-electron chi connectivity index (χ2n) is 7.70. The van der Waals surface area contributed by atoms with Crippen molar-refractivity contribution in [1.29, 1.82) is 0 Å². The number of fused-ring (bicyclic) bond motifs is 1. The molecule has 3 heteroatoms. The fourth-order valence-electron chi connectivity index (χ4n) is 3.27. The highest BCUT2D eigenvalue weighted by Crippen LogP contribution is 2.23. The quantitative estimate of drug-likeness (QED) is 0.937. The van der Waals surface area contributed by atoms with E-state index in [0.717, 1.165) is 37.0 Å². The first kappa shape index (κ1) is 16.0. The topological polar surface area (TPSA) is 32.3 Å². The number of hydrogen-bond donors (Lipinski definition) is 1. The van der Waals surface area contributed by atoms with Crippen LogP contribution in [0.4, 0.5) is 0 Å². The molecule has 1 aliphatic rings. The Labute approximate surface area is 138 Å². The summed E-state index contributed by atoms with van der Waals surface area (Å²) in [4.78, 5) is 15.2. The molecular weight excluding hydrogens is 284 g/mol. The smallest absolute Gasteiger partial charge is 0.254 e. The van der Waals surface area contributed by atoms with E-state index in [-0.39, 0.29) is 11.3 Å². The Kier molecular flexibility index (Phi) is 4.40. The minimum absolute atomic E-state index is 0.0924. The molecule has 1 aliphatic heterocycles. The van der Waals surface area contributed by atoms with E-state index in [0.29, 0.717) is 6.04 Å². The maximum Gasteiger partial charge on any atom is 0.254 e. The van der Waals surface area contributed by atoms with Gasteiger partial charge in [-0.2, -0.15) is 0 Å². The lowest BCUT2D eigenvalue weighted by Gasteiger charge is -2.34. The largest absolute Gasteiger partial charge is 0.334 e. The minimum Gasteiger partial charge on any atom is -0.334 e. The molecular formula is C20H26N2O. The van der Waals surface area contributed by atoms with E-state index >= 15 is 0 Å². The van der Waals surface area contributed by atoms with Gasteiger partial charge in [-0.1, -0.05) is 51.1 Å². The van der Waals surface area contributed by atoms with Crippen LogP contribution in [0.3, 0.4) is 0 Å². The van der Waals surface area contributed by atoms with Crippen molar-refractivity contribution < 1.29 is 4.79 Å². The van der Waals surface area contributed by atoms with Crippen molar-refractivity contribution in [2.24, 2.45) is 5.41 Å². The molecule has 1 heterocycles. The average Bonchev–Trinajstić information content (AvgIpc) is 3.05. The molecule has 1 saturated heterocycles. The first-order chi connectivity index (χ1) is 10.9. The van der Waals surface area contributed by atoms with E-state index in [1.54, 1.807) is 0 Å². The van der Waals surface area contributed by atoms with E-state index in [9.17, 15) is 4.79 Å². The van der Waals surface area contributed by atoms with Gasteiger partial charge in [0, 0.05) is 24.7 Å². The molecule has 1 N–H and O–H groups in total. The van der Waals surface area contributed by atoms with Crippen LogP contribution in [0.1, 0.15) is 37.6 Å². The summed E-state index contributed by atoms with van der Waals surface area (Å²) in [6.07, 6.45) is 1.04. The van der Waals surface area contributed by atoms with Gasteiger partial charge in [0.15, 0.2) is 0 Å². The van der Waals surface area contributed by atoms with E-state index in [1.165, 1.54) is 5.39 Å². The first-order valence-electron chi connectivity index (χ1n) is 8.44. The Hall–Kier alpha value is -1.87. The number of rotatable bonds is 3. The Balaban J connectivity index is 1.91. The zero-order valence-corrected chi connectivity index (χ0v) is 14.3. The third-order valence-electron chi connectivity index (χ3n) is 4.38. The van der Waals surface area contributed by atoms with Gasteiger partial charge in [0.2, 0.25) is 0 Å². The van der Waals surface area contributed by atoms with Crippen LogP contribution in [0.15, 0.2) is 42.5 Å². The SMILES string of the molecule is CC(C)(C)CN(C(=O)c1ccc2ccccc2c1)C1CCNC1. The van der Waals surface area contributed by atoms with Gasteiger partial charge in [-0.15, -0.1) is 0 Å². The van der Waals surface area contributed by atoms with Gasteiger partial charge in [0.1, 0.15) is 0 Å². The van der Waals surface area contributed by atoms with Crippen LogP contribution in [-0.4, -0.2) is 36.5 Å². The maximum absolute atomic E-state index is 13.2. The van der Waals surface area contributed by atoms with Crippen molar-refractivity contribution in [3.63, 3.8) is 0 Å². The Bertz CT molecular complexity index is 696. The normalized spacial score (nSPS) is 18.3.